The molecule has 1 unspecified atom stereocenters. The maximum Gasteiger partial charge on any atom is 0.271 e. The molecule has 170 valence electrons. The number of benzene rings is 1. The van der Waals surface area contributed by atoms with Crippen LogP contribution in [0.5, 0.6) is 0 Å². The molecule has 2 aromatic heterocycles. The molecular formula is C23H27N3O3S3. The molecule has 1 aliphatic heterocycles. The van der Waals surface area contributed by atoms with Crippen molar-refractivity contribution in [2.75, 3.05) is 24.4 Å². The summed E-state index contributed by atoms with van der Waals surface area (Å²) >= 11 is 2.88. The average Bonchev–Trinajstić information content (AvgIpc) is 3.50. The maximum absolute atomic E-state index is 12.8. The first-order valence-electron chi connectivity index (χ1n) is 10.6. The van der Waals surface area contributed by atoms with Gasteiger partial charge in [-0.05, 0) is 79.0 Å². The van der Waals surface area contributed by atoms with Crippen LogP contribution >= 0.6 is 22.7 Å². The number of carbonyl (C=O) groups excluding carboxylic acids is 1. The highest BCUT2D eigenvalue weighted by Gasteiger charge is 2.26. The Morgan fingerprint density at radius 1 is 1.06 bits per heavy atom. The van der Waals surface area contributed by atoms with Crippen LogP contribution in [0, 0.1) is 5.92 Å². The number of hydrogen-bond donors (Lipinski definition) is 2. The predicted molar refractivity (Wildman–Crippen MR) is 131 cm³/mol. The first-order chi connectivity index (χ1) is 15.4. The zero-order valence-electron chi connectivity index (χ0n) is 17.9. The van der Waals surface area contributed by atoms with Gasteiger partial charge in [0.05, 0.1) is 6.04 Å². The fraction of sp³-hybridized carbons (Fsp3) is 0.348. The number of amides is 1. The summed E-state index contributed by atoms with van der Waals surface area (Å²) in [7, 11) is -3.60. The molecule has 1 aromatic carbocycles. The van der Waals surface area contributed by atoms with Crippen molar-refractivity contribution in [1.29, 1.82) is 0 Å². The van der Waals surface area contributed by atoms with Gasteiger partial charge in [0.2, 0.25) is 0 Å². The van der Waals surface area contributed by atoms with Gasteiger partial charge in [0.25, 0.3) is 15.9 Å². The van der Waals surface area contributed by atoms with Gasteiger partial charge in [-0.3, -0.25) is 14.4 Å². The Morgan fingerprint density at radius 3 is 2.38 bits per heavy atom. The second-order valence-corrected chi connectivity index (χ2v) is 11.9. The molecule has 3 aromatic rings. The third kappa shape index (κ3) is 5.58. The van der Waals surface area contributed by atoms with Crippen LogP contribution < -0.4 is 10.0 Å². The summed E-state index contributed by atoms with van der Waals surface area (Å²) in [5.41, 5.74) is 0.926. The Kier molecular flexibility index (Phi) is 7.30. The van der Waals surface area contributed by atoms with Crippen LogP contribution in [-0.4, -0.2) is 38.9 Å². The SMILES string of the molecule is CC1CCN(C(CNC(=O)c2ccc(NS(=O)(=O)c3cccs3)cc2)c2cccs2)CC1. The summed E-state index contributed by atoms with van der Waals surface area (Å²) in [6.07, 6.45) is 2.36. The van der Waals surface area contributed by atoms with Crippen molar-refractivity contribution >= 4 is 44.3 Å². The number of nitrogens with one attached hydrogen (secondary N) is 2. The lowest BCUT2D eigenvalue weighted by Crippen LogP contribution is -2.41. The van der Waals surface area contributed by atoms with Crippen molar-refractivity contribution in [2.24, 2.45) is 5.92 Å². The fourth-order valence-corrected chi connectivity index (χ4v) is 6.75. The average molecular weight is 490 g/mol. The summed E-state index contributed by atoms with van der Waals surface area (Å²) in [5.74, 6) is 0.588. The molecule has 0 saturated carbocycles. The molecule has 2 N–H and O–H groups in total. The Morgan fingerprint density at radius 2 is 1.75 bits per heavy atom. The Balaban J connectivity index is 1.38. The van der Waals surface area contributed by atoms with E-state index in [-0.39, 0.29) is 16.2 Å². The van der Waals surface area contributed by atoms with Crippen molar-refractivity contribution in [1.82, 2.24) is 10.2 Å². The van der Waals surface area contributed by atoms with Crippen LogP contribution in [0.15, 0.2) is 63.5 Å². The van der Waals surface area contributed by atoms with E-state index in [0.29, 0.717) is 17.8 Å². The van der Waals surface area contributed by atoms with E-state index < -0.39 is 10.0 Å². The Labute approximate surface area is 197 Å². The minimum atomic E-state index is -3.60. The third-order valence-corrected chi connectivity index (χ3v) is 9.50. The van der Waals surface area contributed by atoms with Crippen molar-refractivity contribution in [3.05, 3.63) is 69.7 Å². The second kappa shape index (κ2) is 10.2. The minimum Gasteiger partial charge on any atom is -0.350 e. The smallest absolute Gasteiger partial charge is 0.271 e. The number of rotatable bonds is 8. The van der Waals surface area contributed by atoms with Gasteiger partial charge in [-0.15, -0.1) is 22.7 Å². The number of nitrogens with zero attached hydrogens (tertiary/aromatic N) is 1. The topological polar surface area (TPSA) is 78.5 Å². The van der Waals surface area contributed by atoms with Gasteiger partial charge in [0.15, 0.2) is 0 Å². The van der Waals surface area contributed by atoms with Crippen molar-refractivity contribution < 1.29 is 13.2 Å². The lowest BCUT2D eigenvalue weighted by molar-refractivity contribution is 0.0915. The van der Waals surface area contributed by atoms with Gasteiger partial charge >= 0.3 is 0 Å². The molecule has 0 aliphatic carbocycles. The molecule has 1 fully saturated rings. The predicted octanol–water partition coefficient (Wildman–Crippen LogP) is 4.81. The summed E-state index contributed by atoms with van der Waals surface area (Å²) < 4.78 is 27.5. The normalized spacial score (nSPS) is 16.5. The first kappa shape index (κ1) is 23.0. The molecule has 1 atom stereocenters. The molecular weight excluding hydrogens is 462 g/mol. The summed E-state index contributed by atoms with van der Waals surface area (Å²) in [6, 6.07) is 14.1. The van der Waals surface area contributed by atoms with E-state index >= 15 is 0 Å². The largest absolute Gasteiger partial charge is 0.350 e. The lowest BCUT2D eigenvalue weighted by atomic mass is 9.97. The van der Waals surface area contributed by atoms with Crippen molar-refractivity contribution in [3.63, 3.8) is 0 Å². The van der Waals surface area contributed by atoms with Gasteiger partial charge in [-0.2, -0.15) is 0 Å². The molecule has 0 bridgehead atoms. The molecule has 0 spiro atoms. The number of hydrogen-bond acceptors (Lipinski definition) is 6. The van der Waals surface area contributed by atoms with Crippen LogP contribution in [-0.2, 0) is 10.0 Å². The lowest BCUT2D eigenvalue weighted by Gasteiger charge is -2.36. The van der Waals surface area contributed by atoms with Crippen LogP contribution in [0.2, 0.25) is 0 Å². The standard InChI is InChI=1S/C23H27N3O3S3/c1-17-10-12-26(13-11-17)20(21-4-2-14-30-21)16-24-23(27)18-6-8-19(9-7-18)25-32(28,29)22-5-3-15-31-22/h2-9,14-15,17,20,25H,10-13,16H2,1H3,(H,24,27). The van der Waals surface area contributed by atoms with Crippen molar-refractivity contribution in [2.45, 2.75) is 30.0 Å². The van der Waals surface area contributed by atoms with E-state index in [1.807, 2.05) is 0 Å². The monoisotopic (exact) mass is 489 g/mol. The third-order valence-electron chi connectivity index (χ3n) is 5.75. The van der Waals surface area contributed by atoms with E-state index in [1.165, 1.54) is 17.7 Å². The Hall–Kier alpha value is -2.20. The maximum atomic E-state index is 12.8. The van der Waals surface area contributed by atoms with Crippen LogP contribution in [0.3, 0.4) is 0 Å². The number of carbonyl (C=O) groups is 1. The van der Waals surface area contributed by atoms with Gasteiger partial charge in [0, 0.05) is 22.7 Å². The summed E-state index contributed by atoms with van der Waals surface area (Å²) in [4.78, 5) is 16.5. The summed E-state index contributed by atoms with van der Waals surface area (Å²) in [5, 5.41) is 6.87. The van der Waals surface area contributed by atoms with Gasteiger partial charge in [-0.1, -0.05) is 19.1 Å². The number of sulfonamides is 1. The highest BCUT2D eigenvalue weighted by Crippen LogP contribution is 2.29. The summed E-state index contributed by atoms with van der Waals surface area (Å²) in [6.45, 7) is 4.92. The van der Waals surface area contributed by atoms with Crippen molar-refractivity contribution in [3.8, 4) is 0 Å². The highest BCUT2D eigenvalue weighted by atomic mass is 32.2. The van der Waals surface area contributed by atoms with Crippen LogP contribution in [0.1, 0.15) is 41.0 Å². The van der Waals surface area contributed by atoms with Crippen LogP contribution in [0.4, 0.5) is 5.69 Å². The molecule has 1 aliphatic rings. The fourth-order valence-electron chi connectivity index (χ4n) is 3.83. The zero-order chi connectivity index (χ0) is 22.6. The first-order valence-corrected chi connectivity index (χ1v) is 13.9. The Bertz CT molecular complexity index is 1100. The number of thiophene rings is 2. The van der Waals surface area contributed by atoms with Gasteiger partial charge in [0.1, 0.15) is 4.21 Å². The van der Waals surface area contributed by atoms with Crippen LogP contribution in [0.25, 0.3) is 0 Å². The number of anilines is 1. The van der Waals surface area contributed by atoms with E-state index in [9.17, 15) is 13.2 Å². The van der Waals surface area contributed by atoms with E-state index in [0.717, 1.165) is 30.3 Å². The minimum absolute atomic E-state index is 0.162. The van der Waals surface area contributed by atoms with Gasteiger partial charge in [-0.25, -0.2) is 8.42 Å². The molecule has 1 amide bonds. The van der Waals surface area contributed by atoms with Gasteiger partial charge < -0.3 is 5.32 Å². The molecule has 4 rings (SSSR count). The second-order valence-electron chi connectivity index (χ2n) is 8.07. The highest BCUT2D eigenvalue weighted by molar-refractivity contribution is 7.94. The molecule has 9 heteroatoms. The molecule has 32 heavy (non-hydrogen) atoms. The molecule has 6 nitrogen and oxygen atoms in total. The molecule has 3 heterocycles. The number of piperidine rings is 1. The molecule has 0 radical (unpaired) electrons. The number of likely N-dealkylation sites (tertiary alicyclic amines) is 1. The van der Waals surface area contributed by atoms with E-state index in [2.05, 4.69) is 39.4 Å². The van der Waals surface area contributed by atoms with E-state index in [4.69, 9.17) is 0 Å². The quantitative estimate of drug-likeness (QED) is 0.476. The molecule has 1 saturated heterocycles. The van der Waals surface area contributed by atoms with E-state index in [1.54, 1.807) is 53.1 Å². The zero-order valence-corrected chi connectivity index (χ0v) is 20.3.